The smallest absolute Gasteiger partial charge is 0.197 e. The minimum atomic E-state index is -0.678. The van der Waals surface area contributed by atoms with E-state index in [4.69, 9.17) is 0 Å². The summed E-state index contributed by atoms with van der Waals surface area (Å²) in [7, 11) is -1.36. The average molecular weight is 730 g/mol. The molecule has 3 saturated heterocycles. The Balaban J connectivity index is 1.47. The van der Waals surface area contributed by atoms with Crippen molar-refractivity contribution in [2.24, 2.45) is 17.8 Å². The molecule has 0 atom stereocenters. The minimum Gasteiger partial charge on any atom is -0.267 e. The molecule has 3 nitrogen and oxygen atoms in total. The lowest BCUT2D eigenvalue weighted by molar-refractivity contribution is -0.0360. The van der Waals surface area contributed by atoms with Crippen molar-refractivity contribution in [3.8, 4) is 0 Å². The molecule has 0 spiro atoms. The Labute approximate surface area is 316 Å². The molecule has 3 aliphatic heterocycles. The highest BCUT2D eigenvalue weighted by Gasteiger charge is 2.76. The predicted octanol–water partition coefficient (Wildman–Crippen LogP) is 14.5. The molecule has 0 aromatic heterocycles. The van der Waals surface area contributed by atoms with Gasteiger partial charge >= 0.3 is 0 Å². The lowest BCUT2D eigenvalue weighted by atomic mass is 9.53. The fourth-order valence-electron chi connectivity index (χ4n) is 10.5. The van der Waals surface area contributed by atoms with Crippen molar-refractivity contribution in [3.05, 3.63) is 57.6 Å². The largest absolute Gasteiger partial charge is 0.267 e. The van der Waals surface area contributed by atoms with E-state index in [1.54, 1.807) is 33.6 Å². The monoisotopic (exact) mass is 730 g/mol. The molecule has 2 aromatic carbocycles. The van der Waals surface area contributed by atoms with Crippen LogP contribution in [0.3, 0.4) is 0 Å². The summed E-state index contributed by atoms with van der Waals surface area (Å²) in [6.45, 7) is 44.0. The van der Waals surface area contributed by atoms with Gasteiger partial charge in [0.2, 0.25) is 0 Å². The molecule has 51 heavy (non-hydrogen) atoms. The molecule has 2 aromatic rings. The van der Waals surface area contributed by atoms with Crippen molar-refractivity contribution in [1.29, 1.82) is 0 Å². The lowest BCUT2D eigenvalue weighted by Crippen LogP contribution is -2.70. The van der Waals surface area contributed by atoms with Gasteiger partial charge in [0.25, 0.3) is 0 Å². The Morgan fingerprint density at radius 3 is 0.902 bits per heavy atom. The van der Waals surface area contributed by atoms with Crippen molar-refractivity contribution in [2.45, 2.75) is 201 Å². The molecular formula is C46H73N3P2. The molecule has 7 aliphatic rings. The summed E-state index contributed by atoms with van der Waals surface area (Å²) in [6, 6.07) is 10.5. The van der Waals surface area contributed by atoms with E-state index in [0.29, 0.717) is 5.54 Å². The van der Waals surface area contributed by atoms with Crippen LogP contribution in [0.25, 0.3) is 0 Å². The van der Waals surface area contributed by atoms with Gasteiger partial charge in [-0.1, -0.05) is 149 Å². The topological polar surface area (TPSA) is 9.72 Å². The normalized spacial score (nSPS) is 29.8. The van der Waals surface area contributed by atoms with E-state index < -0.39 is 16.7 Å². The number of benzene rings is 2. The highest BCUT2D eigenvalue weighted by molar-refractivity contribution is 8.06. The maximum atomic E-state index is 3.22. The second kappa shape index (κ2) is 11.5. The molecule has 282 valence electrons. The summed E-state index contributed by atoms with van der Waals surface area (Å²) in [6.07, 6.45) is 8.85. The molecule has 7 fully saturated rings. The van der Waals surface area contributed by atoms with Gasteiger partial charge in [-0.2, -0.15) is 4.44 Å². The Bertz CT molecular complexity index is 1490. The zero-order chi connectivity index (χ0) is 37.8. The van der Waals surface area contributed by atoms with Crippen molar-refractivity contribution >= 4 is 28.1 Å². The van der Waals surface area contributed by atoms with Crippen LogP contribution in [0.5, 0.6) is 0 Å². The fourth-order valence-corrected chi connectivity index (χ4v) is 17.3. The van der Waals surface area contributed by atoms with E-state index in [9.17, 15) is 0 Å². The van der Waals surface area contributed by atoms with Crippen LogP contribution >= 0.6 is 16.7 Å². The first-order valence-electron chi connectivity index (χ1n) is 20.4. The van der Waals surface area contributed by atoms with Crippen LogP contribution in [-0.2, 0) is 32.5 Å². The van der Waals surface area contributed by atoms with Crippen LogP contribution in [0.15, 0.2) is 24.3 Å². The van der Waals surface area contributed by atoms with E-state index in [2.05, 4.69) is 162 Å². The average Bonchev–Trinajstić information content (AvgIpc) is 2.87. The van der Waals surface area contributed by atoms with Crippen LogP contribution in [0.2, 0.25) is 0 Å². The number of rotatable bonds is 3. The minimum absolute atomic E-state index is 0.0450. The lowest BCUT2D eigenvalue weighted by Gasteiger charge is -2.80. The van der Waals surface area contributed by atoms with Crippen LogP contribution in [0.1, 0.15) is 197 Å². The fraction of sp³-hybridized carbons (Fsp3) is 0.739. The second-order valence-electron chi connectivity index (χ2n) is 23.9. The van der Waals surface area contributed by atoms with E-state index >= 15 is 0 Å². The molecule has 5 heteroatoms. The third kappa shape index (κ3) is 6.17. The second-order valence-corrected chi connectivity index (χ2v) is 28.3. The van der Waals surface area contributed by atoms with Crippen LogP contribution in [0, 0.1) is 17.8 Å². The Kier molecular flexibility index (Phi) is 8.57. The predicted molar refractivity (Wildman–Crippen MR) is 227 cm³/mol. The van der Waals surface area contributed by atoms with Gasteiger partial charge in [0.1, 0.15) is 0 Å². The first kappa shape index (κ1) is 38.1. The van der Waals surface area contributed by atoms with Gasteiger partial charge in [-0.05, 0) is 122 Å². The molecule has 0 N–H and O–H groups in total. The summed E-state index contributed by atoms with van der Waals surface area (Å²) < 4.78 is 9.32. The SMILES string of the molecule is CC(C)(C)c1cc(C(C)(C)C)c(N2P3N(c4c(C(C)(C)C)cc(C(C)(C)C)cc4C(C)(C)C)P2N3C23CC4CC(CC(C4)C2)C3)c(C(C)(C)C)c1. The molecule has 6 bridgehead atoms. The van der Waals surface area contributed by atoms with Crippen molar-refractivity contribution in [1.82, 2.24) is 4.44 Å². The summed E-state index contributed by atoms with van der Waals surface area (Å²) in [5.74, 6) is 2.86. The molecular weight excluding hydrogens is 656 g/mol. The van der Waals surface area contributed by atoms with Gasteiger partial charge in [0.05, 0.1) is 11.4 Å². The van der Waals surface area contributed by atoms with Crippen LogP contribution < -0.4 is 8.88 Å². The molecule has 9 rings (SSSR count). The number of hydrogen-bond donors (Lipinski definition) is 0. The standard InChI is InChI=1S/C46H73N3P2/c1-40(2,3)32-22-34(42(7,8)9)38(35(23-32)43(10,11)12)47-50-48(51(47)49(50)46-26-29-19-30(27-46)21-31(20-29)28-46)39-36(44(13,14)15)24-33(41(4,5)6)25-37(39)45(16,17)18/h22-25,29-31H,19-21,26-28H2,1-18H3. The number of nitrogens with zero attached hydrogens (tertiary/aromatic N) is 3. The number of hydrogen-bond acceptors (Lipinski definition) is 3. The molecule has 4 saturated carbocycles. The maximum absolute atomic E-state index is 3.22. The van der Waals surface area contributed by atoms with Gasteiger partial charge in [-0.3, -0.25) is 8.88 Å². The maximum Gasteiger partial charge on any atom is 0.197 e. The highest BCUT2D eigenvalue weighted by atomic mass is 31.3. The molecule has 0 unspecified atom stereocenters. The van der Waals surface area contributed by atoms with E-state index in [0.717, 1.165) is 17.8 Å². The van der Waals surface area contributed by atoms with E-state index in [-0.39, 0.29) is 32.5 Å². The summed E-state index contributed by atoms with van der Waals surface area (Å²) in [5, 5.41) is 0. The van der Waals surface area contributed by atoms with Crippen LogP contribution in [-0.4, -0.2) is 9.98 Å². The van der Waals surface area contributed by atoms with Gasteiger partial charge < -0.3 is 0 Å². The Morgan fingerprint density at radius 2 is 0.686 bits per heavy atom. The zero-order valence-corrected chi connectivity index (χ0v) is 37.8. The molecule has 3 heterocycles. The molecule has 4 aliphatic carbocycles. The van der Waals surface area contributed by atoms with E-state index in [1.165, 1.54) is 49.7 Å². The van der Waals surface area contributed by atoms with Crippen molar-refractivity contribution in [3.63, 3.8) is 0 Å². The highest BCUT2D eigenvalue weighted by Crippen LogP contribution is 2.99. The summed E-state index contributed by atoms with van der Waals surface area (Å²) in [4.78, 5) is 0. The van der Waals surface area contributed by atoms with Crippen molar-refractivity contribution < 1.29 is 0 Å². The molecule has 0 amide bonds. The van der Waals surface area contributed by atoms with Gasteiger partial charge in [-0.15, -0.1) is 0 Å². The quantitative estimate of drug-likeness (QED) is 0.291. The third-order valence-electron chi connectivity index (χ3n) is 13.0. The Morgan fingerprint density at radius 1 is 0.431 bits per heavy atom. The molecule has 0 radical (unpaired) electrons. The summed E-state index contributed by atoms with van der Waals surface area (Å²) >= 11 is 0. The first-order chi connectivity index (χ1) is 23.0. The first-order valence-corrected chi connectivity index (χ1v) is 22.8. The van der Waals surface area contributed by atoms with E-state index in [1.807, 2.05) is 0 Å². The van der Waals surface area contributed by atoms with Gasteiger partial charge in [0.15, 0.2) is 16.7 Å². The van der Waals surface area contributed by atoms with Gasteiger partial charge in [-0.25, -0.2) is 0 Å². The Hall–Kier alpha value is -1.14. The third-order valence-corrected chi connectivity index (χ3v) is 19.6. The number of anilines is 2. The van der Waals surface area contributed by atoms with Crippen molar-refractivity contribution in [2.75, 3.05) is 8.88 Å². The summed E-state index contributed by atoms with van der Waals surface area (Å²) in [5.41, 5.74) is 13.1. The van der Waals surface area contributed by atoms with Crippen LogP contribution in [0.4, 0.5) is 11.4 Å². The zero-order valence-electron chi connectivity index (χ0n) is 36.0. The van der Waals surface area contributed by atoms with Gasteiger partial charge in [0, 0.05) is 5.54 Å².